The number of carbonyl (C=O) groups is 1. The number of aromatic hydroxyl groups is 1. The van der Waals surface area contributed by atoms with Crippen molar-refractivity contribution in [3.63, 3.8) is 0 Å². The highest BCUT2D eigenvalue weighted by atomic mass is 16.3. The third-order valence-electron chi connectivity index (χ3n) is 2.18. The molecule has 0 bridgehead atoms. The van der Waals surface area contributed by atoms with Crippen LogP contribution < -0.4 is 10.6 Å². The fraction of sp³-hybridized carbons (Fsp3) is 0. The number of para-hydroxylation sites is 3. The smallest absolute Gasteiger partial charge is 0.323 e. The summed E-state index contributed by atoms with van der Waals surface area (Å²) in [6.45, 7) is 0. The van der Waals surface area contributed by atoms with Gasteiger partial charge in [-0.1, -0.05) is 30.3 Å². The van der Waals surface area contributed by atoms with E-state index in [4.69, 9.17) is 0 Å². The van der Waals surface area contributed by atoms with E-state index < -0.39 is 6.03 Å². The van der Waals surface area contributed by atoms with E-state index in [0.29, 0.717) is 11.4 Å². The Morgan fingerprint density at radius 3 is 2.24 bits per heavy atom. The largest absolute Gasteiger partial charge is 0.506 e. The van der Waals surface area contributed by atoms with Gasteiger partial charge in [0.2, 0.25) is 0 Å². The molecule has 2 aromatic carbocycles. The van der Waals surface area contributed by atoms with Crippen molar-refractivity contribution >= 4 is 17.4 Å². The number of benzene rings is 2. The molecule has 3 N–H and O–H groups in total. The maximum atomic E-state index is 11.6. The highest BCUT2D eigenvalue weighted by molar-refractivity contribution is 6.00. The van der Waals surface area contributed by atoms with Crippen LogP contribution in [0.4, 0.5) is 16.2 Å². The van der Waals surface area contributed by atoms with Gasteiger partial charge in [0.25, 0.3) is 0 Å². The highest BCUT2D eigenvalue weighted by Crippen LogP contribution is 2.21. The molecule has 0 aliphatic rings. The van der Waals surface area contributed by atoms with Crippen LogP contribution in [-0.2, 0) is 0 Å². The number of urea groups is 1. The Labute approximate surface area is 98.9 Å². The molecule has 0 saturated heterocycles. The number of nitrogens with one attached hydrogen (secondary N) is 2. The Morgan fingerprint density at radius 2 is 1.53 bits per heavy atom. The van der Waals surface area contributed by atoms with E-state index in [1.165, 1.54) is 6.07 Å². The first kappa shape index (κ1) is 11.0. The molecule has 0 heterocycles. The van der Waals surface area contributed by atoms with Crippen LogP contribution in [0.1, 0.15) is 0 Å². The zero-order valence-corrected chi connectivity index (χ0v) is 9.05. The van der Waals surface area contributed by atoms with E-state index in [-0.39, 0.29) is 5.75 Å². The third kappa shape index (κ3) is 2.98. The lowest BCUT2D eigenvalue weighted by Gasteiger charge is -2.08. The summed E-state index contributed by atoms with van der Waals surface area (Å²) >= 11 is 0. The van der Waals surface area contributed by atoms with Gasteiger partial charge in [0.05, 0.1) is 5.69 Å². The monoisotopic (exact) mass is 228 g/mol. The second-order valence-electron chi connectivity index (χ2n) is 3.46. The third-order valence-corrected chi connectivity index (χ3v) is 2.18. The molecule has 0 atom stereocenters. The average Bonchev–Trinajstić information content (AvgIpc) is 2.33. The topological polar surface area (TPSA) is 61.4 Å². The zero-order valence-electron chi connectivity index (χ0n) is 9.05. The molecule has 0 fully saturated rings. The summed E-state index contributed by atoms with van der Waals surface area (Å²) in [6.07, 6.45) is 0. The highest BCUT2D eigenvalue weighted by Gasteiger charge is 2.04. The number of rotatable bonds is 2. The van der Waals surface area contributed by atoms with Gasteiger partial charge in [-0.15, -0.1) is 0 Å². The molecule has 0 spiro atoms. The summed E-state index contributed by atoms with van der Waals surface area (Å²) in [5.74, 6) is 0.0377. The number of hydrogen-bond donors (Lipinski definition) is 3. The lowest BCUT2D eigenvalue weighted by atomic mass is 10.3. The molecule has 0 aliphatic carbocycles. The lowest BCUT2D eigenvalue weighted by molar-refractivity contribution is 0.262. The predicted molar refractivity (Wildman–Crippen MR) is 67.2 cm³/mol. The predicted octanol–water partition coefficient (Wildman–Crippen LogP) is 3.04. The lowest BCUT2D eigenvalue weighted by Crippen LogP contribution is -2.19. The van der Waals surface area contributed by atoms with Gasteiger partial charge in [-0.3, -0.25) is 0 Å². The van der Waals surface area contributed by atoms with Crippen molar-refractivity contribution in [2.45, 2.75) is 0 Å². The van der Waals surface area contributed by atoms with Gasteiger partial charge in [-0.2, -0.15) is 0 Å². The quantitative estimate of drug-likeness (QED) is 0.692. The molecule has 4 heteroatoms. The molecule has 0 unspecified atom stereocenters. The minimum Gasteiger partial charge on any atom is -0.506 e. The summed E-state index contributed by atoms with van der Waals surface area (Å²) in [5, 5.41) is 14.7. The van der Waals surface area contributed by atoms with Gasteiger partial charge in [0, 0.05) is 5.69 Å². The van der Waals surface area contributed by atoms with Gasteiger partial charge in [-0.05, 0) is 24.3 Å². The Bertz CT molecular complexity index is 512. The molecule has 0 radical (unpaired) electrons. The van der Waals surface area contributed by atoms with Crippen LogP contribution in [-0.4, -0.2) is 11.1 Å². The van der Waals surface area contributed by atoms with Crippen molar-refractivity contribution in [1.29, 1.82) is 0 Å². The van der Waals surface area contributed by atoms with E-state index in [0.717, 1.165) is 0 Å². The number of anilines is 2. The molecule has 0 aromatic heterocycles. The summed E-state index contributed by atoms with van der Waals surface area (Å²) in [5.41, 5.74) is 1.07. The number of phenolic OH excluding ortho intramolecular Hbond substituents is 1. The molecule has 17 heavy (non-hydrogen) atoms. The summed E-state index contributed by atoms with van der Waals surface area (Å²) in [4.78, 5) is 11.6. The Balaban J connectivity index is 2.01. The molecular formula is C13H12N2O2. The van der Waals surface area contributed by atoms with Crippen LogP contribution in [0.25, 0.3) is 0 Å². The average molecular weight is 228 g/mol. The van der Waals surface area contributed by atoms with E-state index in [1.54, 1.807) is 30.3 Å². The van der Waals surface area contributed by atoms with Crippen LogP contribution in [0.5, 0.6) is 5.75 Å². The van der Waals surface area contributed by atoms with E-state index in [9.17, 15) is 9.90 Å². The first-order valence-electron chi connectivity index (χ1n) is 5.17. The van der Waals surface area contributed by atoms with E-state index in [2.05, 4.69) is 10.6 Å². The van der Waals surface area contributed by atoms with Crippen molar-refractivity contribution in [2.75, 3.05) is 10.6 Å². The SMILES string of the molecule is O=C(Nc1ccccc1)Nc1ccccc1O. The van der Waals surface area contributed by atoms with Crippen molar-refractivity contribution in [3.8, 4) is 5.75 Å². The Morgan fingerprint density at radius 1 is 0.882 bits per heavy atom. The number of hydrogen-bond acceptors (Lipinski definition) is 2. The van der Waals surface area contributed by atoms with Crippen LogP contribution in [0.3, 0.4) is 0 Å². The second-order valence-corrected chi connectivity index (χ2v) is 3.46. The summed E-state index contributed by atoms with van der Waals surface area (Å²) in [7, 11) is 0. The van der Waals surface area contributed by atoms with Crippen molar-refractivity contribution in [1.82, 2.24) is 0 Å². The number of carbonyl (C=O) groups excluding carboxylic acids is 1. The maximum absolute atomic E-state index is 11.6. The molecule has 2 rings (SSSR count). The molecule has 0 saturated carbocycles. The maximum Gasteiger partial charge on any atom is 0.323 e. The standard InChI is InChI=1S/C13H12N2O2/c16-12-9-5-4-8-11(12)15-13(17)14-10-6-2-1-3-7-10/h1-9,16H,(H2,14,15,17). The van der Waals surface area contributed by atoms with Gasteiger partial charge in [0.1, 0.15) is 5.75 Å². The molecule has 2 aromatic rings. The zero-order chi connectivity index (χ0) is 12.1. The normalized spacial score (nSPS) is 9.65. The van der Waals surface area contributed by atoms with Gasteiger partial charge >= 0.3 is 6.03 Å². The first-order chi connectivity index (χ1) is 8.25. The summed E-state index contributed by atoms with van der Waals surface area (Å²) in [6, 6.07) is 15.3. The molecule has 86 valence electrons. The number of phenols is 1. The van der Waals surface area contributed by atoms with Crippen molar-refractivity contribution < 1.29 is 9.90 Å². The molecule has 4 nitrogen and oxygen atoms in total. The van der Waals surface area contributed by atoms with Crippen LogP contribution in [0.15, 0.2) is 54.6 Å². The fourth-order valence-electron chi connectivity index (χ4n) is 1.39. The molecule has 2 amide bonds. The van der Waals surface area contributed by atoms with Crippen LogP contribution >= 0.6 is 0 Å². The first-order valence-corrected chi connectivity index (χ1v) is 5.17. The van der Waals surface area contributed by atoms with Gasteiger partial charge in [0.15, 0.2) is 0 Å². The number of amides is 2. The van der Waals surface area contributed by atoms with Gasteiger partial charge < -0.3 is 15.7 Å². The molecule has 0 aliphatic heterocycles. The Kier molecular flexibility index (Phi) is 3.25. The minimum absolute atomic E-state index is 0.0377. The van der Waals surface area contributed by atoms with E-state index >= 15 is 0 Å². The minimum atomic E-state index is -0.391. The molecular weight excluding hydrogens is 216 g/mol. The van der Waals surface area contributed by atoms with Gasteiger partial charge in [-0.25, -0.2) is 4.79 Å². The van der Waals surface area contributed by atoms with Crippen LogP contribution in [0, 0.1) is 0 Å². The second kappa shape index (κ2) is 5.03. The fourth-order valence-corrected chi connectivity index (χ4v) is 1.39. The Hall–Kier alpha value is -2.49. The van der Waals surface area contributed by atoms with E-state index in [1.807, 2.05) is 18.2 Å². The van der Waals surface area contributed by atoms with Crippen molar-refractivity contribution in [2.24, 2.45) is 0 Å². The van der Waals surface area contributed by atoms with Crippen LogP contribution in [0.2, 0.25) is 0 Å². The van der Waals surface area contributed by atoms with Crippen molar-refractivity contribution in [3.05, 3.63) is 54.6 Å². The summed E-state index contributed by atoms with van der Waals surface area (Å²) < 4.78 is 0.